The third-order valence-electron chi connectivity index (χ3n) is 10.00. The Morgan fingerprint density at radius 3 is 2.47 bits per heavy atom. The van der Waals surface area contributed by atoms with Crippen molar-refractivity contribution >= 4 is 28.4 Å². The minimum Gasteiger partial charge on any atom is -0.497 e. The van der Waals surface area contributed by atoms with Crippen molar-refractivity contribution < 1.29 is 18.7 Å². The van der Waals surface area contributed by atoms with Gasteiger partial charge in [-0.15, -0.1) is 0 Å². The van der Waals surface area contributed by atoms with Gasteiger partial charge in [0.1, 0.15) is 17.0 Å². The minimum atomic E-state index is -1.01. The molecular weight excluding hydrogens is 540 g/mol. The molecule has 2 aromatic carbocycles. The van der Waals surface area contributed by atoms with Gasteiger partial charge >= 0.3 is 0 Å². The number of nitrogens with one attached hydrogen (secondary N) is 2. The number of anilines is 1. The Labute approximate surface area is 253 Å². The first-order chi connectivity index (χ1) is 20.6. The molecule has 2 amide bonds. The van der Waals surface area contributed by atoms with E-state index in [-0.39, 0.29) is 35.6 Å². The Morgan fingerprint density at radius 2 is 1.79 bits per heavy atom. The highest BCUT2D eigenvalue weighted by atomic mass is 16.5. The largest absolute Gasteiger partial charge is 0.497 e. The van der Waals surface area contributed by atoms with Crippen LogP contribution in [0.5, 0.6) is 5.75 Å². The lowest BCUT2D eigenvalue weighted by Crippen LogP contribution is -2.62. The van der Waals surface area contributed by atoms with Crippen molar-refractivity contribution in [2.24, 2.45) is 11.3 Å². The van der Waals surface area contributed by atoms with Gasteiger partial charge in [0.05, 0.1) is 19.9 Å². The van der Waals surface area contributed by atoms with E-state index >= 15 is 0 Å². The summed E-state index contributed by atoms with van der Waals surface area (Å²) < 4.78 is 11.0. The van der Waals surface area contributed by atoms with Crippen LogP contribution in [-0.2, 0) is 16.1 Å². The van der Waals surface area contributed by atoms with E-state index in [0.717, 1.165) is 11.2 Å². The van der Waals surface area contributed by atoms with Gasteiger partial charge < -0.3 is 29.3 Å². The van der Waals surface area contributed by atoms with Gasteiger partial charge in [-0.1, -0.05) is 32.0 Å². The molecule has 43 heavy (non-hydrogen) atoms. The molecule has 0 radical (unpaired) electrons. The van der Waals surface area contributed by atoms with Crippen LogP contribution in [0.25, 0.3) is 10.9 Å². The molecule has 0 spiro atoms. The molecular formula is C35H42N4O4. The van der Waals surface area contributed by atoms with Crippen LogP contribution in [0, 0.1) is 18.3 Å². The van der Waals surface area contributed by atoms with Crippen LogP contribution < -0.4 is 10.1 Å². The Morgan fingerprint density at radius 1 is 1.07 bits per heavy atom. The lowest BCUT2D eigenvalue weighted by molar-refractivity contribution is -0.150. The molecule has 1 saturated heterocycles. The van der Waals surface area contributed by atoms with E-state index in [2.05, 4.69) is 61.2 Å². The number of likely N-dealkylation sites (tertiary alicyclic amines) is 1. The number of hydrogen-bond donors (Lipinski definition) is 2. The number of fused-ring (bicyclic) bond motifs is 1. The number of carbonyl (C=O) groups excluding carboxylic acids is 2. The van der Waals surface area contributed by atoms with Crippen LogP contribution in [0.1, 0.15) is 56.0 Å². The van der Waals surface area contributed by atoms with Gasteiger partial charge in [-0.2, -0.15) is 0 Å². The number of benzene rings is 2. The SMILES string of the molecule is COc1ccc(NC(=O)C2(N(Cc3ccco3)C(=O)C[C@@H]3[C@H](c4c(C)[nH]c5ccccc45)C3(C)C)CCN(C)CC2)cc1. The third kappa shape index (κ3) is 5.33. The van der Waals surface area contributed by atoms with E-state index in [1.807, 2.05) is 47.4 Å². The molecule has 6 rings (SSSR count). The first-order valence-electron chi connectivity index (χ1n) is 15.2. The fourth-order valence-electron chi connectivity index (χ4n) is 7.26. The number of methoxy groups -OCH3 is 1. The molecule has 8 nitrogen and oxygen atoms in total. The lowest BCUT2D eigenvalue weighted by atomic mass is 9.83. The molecule has 0 unspecified atom stereocenters. The molecule has 2 atom stereocenters. The molecule has 2 fully saturated rings. The van der Waals surface area contributed by atoms with E-state index in [0.29, 0.717) is 49.5 Å². The number of aromatic amines is 1. The third-order valence-corrected chi connectivity index (χ3v) is 10.00. The maximum Gasteiger partial charge on any atom is 0.250 e. The van der Waals surface area contributed by atoms with Gasteiger partial charge in [-0.3, -0.25) is 9.59 Å². The topological polar surface area (TPSA) is 90.8 Å². The van der Waals surface area contributed by atoms with E-state index < -0.39 is 5.54 Å². The molecule has 226 valence electrons. The molecule has 1 aliphatic heterocycles. The molecule has 1 saturated carbocycles. The van der Waals surface area contributed by atoms with E-state index in [9.17, 15) is 9.59 Å². The standard InChI is InChI=1S/C35H42N4O4/c1-23-31(27-10-6-7-11-29(27)36-23)32-28(34(32,2)3)21-30(40)39(22-26-9-8-20-43-26)35(16-18-38(4)19-17-35)33(41)37-24-12-14-25(42-5)15-13-24/h6-15,20,28,32,36H,16-19,21-22H2,1-5H3,(H,37,41)/t28-,32-/m1/s1. The second kappa shape index (κ2) is 11.2. The smallest absolute Gasteiger partial charge is 0.250 e. The number of amides is 2. The second-order valence-corrected chi connectivity index (χ2v) is 12.9. The number of H-pyrrole nitrogens is 1. The molecule has 4 aromatic rings. The summed E-state index contributed by atoms with van der Waals surface area (Å²) in [6.45, 7) is 8.32. The molecule has 2 aromatic heterocycles. The zero-order valence-electron chi connectivity index (χ0n) is 25.8. The van der Waals surface area contributed by atoms with Crippen molar-refractivity contribution in [3.63, 3.8) is 0 Å². The Kier molecular flexibility index (Phi) is 7.59. The molecule has 2 aliphatic rings. The summed E-state index contributed by atoms with van der Waals surface area (Å²) in [6.07, 6.45) is 3.06. The van der Waals surface area contributed by atoms with Gasteiger partial charge in [0, 0.05) is 41.8 Å². The van der Waals surface area contributed by atoms with Crippen molar-refractivity contribution in [3.8, 4) is 5.75 Å². The monoisotopic (exact) mass is 582 g/mol. The normalized spacial score (nSPS) is 21.0. The average Bonchev–Trinajstić information content (AvgIpc) is 3.37. The number of ether oxygens (including phenoxy) is 1. The number of rotatable bonds is 9. The number of aryl methyl sites for hydroxylation is 1. The van der Waals surface area contributed by atoms with Crippen LogP contribution in [0.4, 0.5) is 5.69 Å². The van der Waals surface area contributed by atoms with Gasteiger partial charge in [0.25, 0.3) is 0 Å². The minimum absolute atomic E-state index is 0.0103. The summed E-state index contributed by atoms with van der Waals surface area (Å²) in [6, 6.07) is 19.4. The Hall–Kier alpha value is -4.04. The quantitative estimate of drug-likeness (QED) is 0.240. The fourth-order valence-corrected chi connectivity index (χ4v) is 7.26. The number of hydrogen-bond acceptors (Lipinski definition) is 5. The molecule has 3 heterocycles. The highest BCUT2D eigenvalue weighted by Crippen LogP contribution is 2.67. The van der Waals surface area contributed by atoms with Gasteiger partial charge in [0.2, 0.25) is 11.8 Å². The average molecular weight is 583 g/mol. The van der Waals surface area contributed by atoms with Crippen LogP contribution in [0.2, 0.25) is 0 Å². The summed E-state index contributed by atoms with van der Waals surface area (Å²) in [5.41, 5.74) is 3.21. The number of aromatic nitrogens is 1. The summed E-state index contributed by atoms with van der Waals surface area (Å²) >= 11 is 0. The van der Waals surface area contributed by atoms with Crippen LogP contribution in [-0.4, -0.2) is 59.4 Å². The zero-order valence-corrected chi connectivity index (χ0v) is 25.8. The van der Waals surface area contributed by atoms with Crippen LogP contribution >= 0.6 is 0 Å². The van der Waals surface area contributed by atoms with Crippen molar-refractivity contribution in [1.29, 1.82) is 0 Å². The second-order valence-electron chi connectivity index (χ2n) is 12.9. The first-order valence-corrected chi connectivity index (χ1v) is 15.2. The molecule has 8 heteroatoms. The number of carbonyl (C=O) groups is 2. The van der Waals surface area contributed by atoms with Crippen molar-refractivity contribution in [2.45, 2.75) is 58.0 Å². The van der Waals surface area contributed by atoms with Crippen LogP contribution in [0.3, 0.4) is 0 Å². The molecule has 0 bridgehead atoms. The van der Waals surface area contributed by atoms with E-state index in [1.165, 1.54) is 10.9 Å². The maximum atomic E-state index is 14.6. The van der Waals surface area contributed by atoms with E-state index in [1.54, 1.807) is 13.4 Å². The number of furan rings is 1. The highest BCUT2D eigenvalue weighted by molar-refractivity contribution is 6.01. The van der Waals surface area contributed by atoms with Crippen molar-refractivity contribution in [3.05, 3.63) is 83.9 Å². The predicted molar refractivity (Wildman–Crippen MR) is 168 cm³/mol. The maximum absolute atomic E-state index is 14.6. The van der Waals surface area contributed by atoms with Crippen LogP contribution in [0.15, 0.2) is 71.3 Å². The van der Waals surface area contributed by atoms with Crippen molar-refractivity contribution in [2.75, 3.05) is 32.6 Å². The summed E-state index contributed by atoms with van der Waals surface area (Å²) in [5.74, 6) is 1.62. The van der Waals surface area contributed by atoms with Gasteiger partial charge in [0.15, 0.2) is 0 Å². The zero-order chi connectivity index (χ0) is 30.4. The summed E-state index contributed by atoms with van der Waals surface area (Å²) in [7, 11) is 3.68. The Bertz CT molecular complexity index is 1600. The van der Waals surface area contributed by atoms with E-state index in [4.69, 9.17) is 9.15 Å². The number of piperidine rings is 1. The Balaban J connectivity index is 1.32. The summed E-state index contributed by atoms with van der Waals surface area (Å²) in [4.78, 5) is 36.5. The first kappa shape index (κ1) is 29.1. The number of nitrogens with zero attached hydrogens (tertiary/aromatic N) is 2. The molecule has 1 aliphatic carbocycles. The fraction of sp³-hybridized carbons (Fsp3) is 0.429. The highest BCUT2D eigenvalue weighted by Gasteiger charge is 2.60. The van der Waals surface area contributed by atoms with Gasteiger partial charge in [-0.25, -0.2) is 0 Å². The predicted octanol–water partition coefficient (Wildman–Crippen LogP) is 6.34. The molecule has 2 N–H and O–H groups in total. The summed E-state index contributed by atoms with van der Waals surface area (Å²) in [5, 5.41) is 4.36. The van der Waals surface area contributed by atoms with Crippen molar-refractivity contribution in [1.82, 2.24) is 14.8 Å². The number of para-hydroxylation sites is 1. The van der Waals surface area contributed by atoms with Gasteiger partial charge in [-0.05, 0) is 92.1 Å². The lowest BCUT2D eigenvalue weighted by Gasteiger charge is -2.46.